The number of hydrogen-bond donors (Lipinski definition) is 0. The van der Waals surface area contributed by atoms with Gasteiger partial charge in [-0.25, -0.2) is 0 Å². The van der Waals surface area contributed by atoms with E-state index in [4.69, 9.17) is 9.47 Å². The molecule has 8 nitrogen and oxygen atoms in total. The van der Waals surface area contributed by atoms with Gasteiger partial charge in [-0.3, -0.25) is 4.79 Å². The second kappa shape index (κ2) is 8.55. The summed E-state index contributed by atoms with van der Waals surface area (Å²) in [4.78, 5) is 19.2. The Labute approximate surface area is 171 Å². The van der Waals surface area contributed by atoms with Crippen molar-refractivity contribution in [1.82, 2.24) is 15.1 Å². The molecule has 4 rings (SSSR count). The molecule has 0 N–H and O–H groups in total. The number of hydrogen-bond acceptors (Lipinski definition) is 7. The Kier molecular flexibility index (Phi) is 5.69. The van der Waals surface area contributed by atoms with Gasteiger partial charge in [0.1, 0.15) is 11.5 Å². The molecular formula is C21H27N5O3. The van der Waals surface area contributed by atoms with Gasteiger partial charge in [0.05, 0.1) is 14.2 Å². The van der Waals surface area contributed by atoms with Crippen LogP contribution in [0.4, 0.5) is 11.6 Å². The van der Waals surface area contributed by atoms with Crippen LogP contribution in [0.3, 0.4) is 0 Å². The summed E-state index contributed by atoms with van der Waals surface area (Å²) in [5, 5.41) is 8.82. The fourth-order valence-corrected chi connectivity index (χ4v) is 3.85. The van der Waals surface area contributed by atoms with Crippen molar-refractivity contribution in [3.63, 3.8) is 0 Å². The quantitative estimate of drug-likeness (QED) is 0.765. The number of anilines is 2. The number of benzene rings is 1. The van der Waals surface area contributed by atoms with E-state index < -0.39 is 0 Å². The highest BCUT2D eigenvalue weighted by atomic mass is 16.5. The molecule has 0 atom stereocenters. The molecule has 3 heterocycles. The average Bonchev–Trinajstić information content (AvgIpc) is 3.33. The third kappa shape index (κ3) is 4.21. The molecule has 0 unspecified atom stereocenters. The Morgan fingerprint density at radius 2 is 1.31 bits per heavy atom. The highest BCUT2D eigenvalue weighted by Gasteiger charge is 2.24. The maximum absolute atomic E-state index is 12.9. The van der Waals surface area contributed by atoms with Crippen molar-refractivity contribution >= 4 is 17.5 Å². The number of carbonyl (C=O) groups excluding carboxylic acids is 1. The van der Waals surface area contributed by atoms with Crippen molar-refractivity contribution in [1.29, 1.82) is 0 Å². The molecule has 8 heteroatoms. The summed E-state index contributed by atoms with van der Waals surface area (Å²) in [6.45, 7) is 4.84. The van der Waals surface area contributed by atoms with Crippen LogP contribution in [0.1, 0.15) is 23.2 Å². The van der Waals surface area contributed by atoms with Gasteiger partial charge in [-0.1, -0.05) is 0 Å². The van der Waals surface area contributed by atoms with Gasteiger partial charge in [0, 0.05) is 50.9 Å². The number of amides is 1. The van der Waals surface area contributed by atoms with E-state index in [9.17, 15) is 4.79 Å². The highest BCUT2D eigenvalue weighted by Crippen LogP contribution is 2.24. The maximum atomic E-state index is 12.9. The molecule has 1 aromatic heterocycles. The lowest BCUT2D eigenvalue weighted by molar-refractivity contribution is 0.0745. The Hall–Kier alpha value is -3.03. The summed E-state index contributed by atoms with van der Waals surface area (Å²) in [6.07, 6.45) is 2.44. The predicted molar refractivity (Wildman–Crippen MR) is 111 cm³/mol. The van der Waals surface area contributed by atoms with Crippen LogP contribution < -0.4 is 19.3 Å². The molecular weight excluding hydrogens is 370 g/mol. The minimum absolute atomic E-state index is 0.0164. The molecule has 1 aromatic carbocycles. The van der Waals surface area contributed by atoms with E-state index in [1.165, 1.54) is 12.8 Å². The monoisotopic (exact) mass is 397 g/mol. The maximum Gasteiger partial charge on any atom is 0.254 e. The van der Waals surface area contributed by atoms with Gasteiger partial charge in [-0.05, 0) is 37.1 Å². The number of ether oxygens (including phenoxy) is 2. The molecule has 0 saturated carbocycles. The van der Waals surface area contributed by atoms with Gasteiger partial charge in [-0.15, -0.1) is 10.2 Å². The van der Waals surface area contributed by atoms with Crippen molar-refractivity contribution in [2.45, 2.75) is 12.8 Å². The van der Waals surface area contributed by atoms with Crippen LogP contribution in [0.25, 0.3) is 0 Å². The molecule has 1 amide bonds. The third-order valence-corrected chi connectivity index (χ3v) is 5.56. The lowest BCUT2D eigenvalue weighted by Gasteiger charge is -2.35. The normalized spacial score (nSPS) is 16.8. The summed E-state index contributed by atoms with van der Waals surface area (Å²) >= 11 is 0. The minimum Gasteiger partial charge on any atom is -0.497 e. The Bertz CT molecular complexity index is 822. The molecule has 0 bridgehead atoms. The van der Waals surface area contributed by atoms with E-state index in [2.05, 4.69) is 20.0 Å². The van der Waals surface area contributed by atoms with Crippen LogP contribution in [-0.2, 0) is 0 Å². The predicted octanol–water partition coefficient (Wildman–Crippen LogP) is 2.06. The van der Waals surface area contributed by atoms with Crippen LogP contribution in [0, 0.1) is 0 Å². The molecule has 2 aromatic rings. The topological polar surface area (TPSA) is 71.0 Å². The van der Waals surface area contributed by atoms with E-state index in [1.807, 2.05) is 17.0 Å². The highest BCUT2D eigenvalue weighted by molar-refractivity contribution is 5.95. The zero-order valence-corrected chi connectivity index (χ0v) is 17.0. The summed E-state index contributed by atoms with van der Waals surface area (Å²) in [5.74, 6) is 3.02. The Morgan fingerprint density at radius 3 is 1.79 bits per heavy atom. The van der Waals surface area contributed by atoms with Crippen molar-refractivity contribution in [3.05, 3.63) is 35.9 Å². The third-order valence-electron chi connectivity index (χ3n) is 5.56. The van der Waals surface area contributed by atoms with Gasteiger partial charge >= 0.3 is 0 Å². The molecule has 2 aliphatic rings. The smallest absolute Gasteiger partial charge is 0.254 e. The van der Waals surface area contributed by atoms with E-state index in [1.54, 1.807) is 32.4 Å². The molecule has 29 heavy (non-hydrogen) atoms. The average molecular weight is 397 g/mol. The van der Waals surface area contributed by atoms with E-state index >= 15 is 0 Å². The van der Waals surface area contributed by atoms with Gasteiger partial charge < -0.3 is 24.2 Å². The first kappa shape index (κ1) is 19.3. The van der Waals surface area contributed by atoms with Crippen LogP contribution in [0.2, 0.25) is 0 Å². The largest absolute Gasteiger partial charge is 0.497 e. The van der Waals surface area contributed by atoms with Crippen molar-refractivity contribution in [2.24, 2.45) is 0 Å². The second-order valence-electron chi connectivity index (χ2n) is 7.32. The van der Waals surface area contributed by atoms with Crippen molar-refractivity contribution in [2.75, 3.05) is 63.3 Å². The number of carbonyl (C=O) groups is 1. The zero-order valence-electron chi connectivity index (χ0n) is 17.0. The van der Waals surface area contributed by atoms with Gasteiger partial charge in [-0.2, -0.15) is 0 Å². The lowest BCUT2D eigenvalue weighted by Crippen LogP contribution is -2.49. The summed E-state index contributed by atoms with van der Waals surface area (Å²) in [6, 6.07) is 9.34. The van der Waals surface area contributed by atoms with Crippen LogP contribution in [-0.4, -0.2) is 74.5 Å². The Morgan fingerprint density at radius 1 is 0.793 bits per heavy atom. The van der Waals surface area contributed by atoms with E-state index in [0.717, 1.165) is 37.8 Å². The number of rotatable bonds is 5. The standard InChI is InChI=1S/C21H27N5O3/c1-28-17-13-16(14-18(15-17)29-2)21(27)26-11-9-25(10-12-26)20-6-5-19(22-23-20)24-7-3-4-8-24/h5-6,13-15H,3-4,7-12H2,1-2H3. The van der Waals surface area contributed by atoms with Gasteiger partial charge in [0.15, 0.2) is 11.6 Å². The van der Waals surface area contributed by atoms with Gasteiger partial charge in [0.25, 0.3) is 5.91 Å². The molecule has 2 saturated heterocycles. The molecule has 0 spiro atoms. The van der Waals surface area contributed by atoms with Crippen molar-refractivity contribution in [3.8, 4) is 11.5 Å². The molecule has 2 fully saturated rings. The first-order valence-corrected chi connectivity index (χ1v) is 10.0. The van der Waals surface area contributed by atoms with Crippen molar-refractivity contribution < 1.29 is 14.3 Å². The SMILES string of the molecule is COc1cc(OC)cc(C(=O)N2CCN(c3ccc(N4CCCC4)nn3)CC2)c1. The van der Waals surface area contributed by atoms with E-state index in [0.29, 0.717) is 30.2 Å². The number of methoxy groups -OCH3 is 2. The summed E-state index contributed by atoms with van der Waals surface area (Å²) in [5.41, 5.74) is 0.574. The van der Waals surface area contributed by atoms with Crippen LogP contribution >= 0.6 is 0 Å². The minimum atomic E-state index is -0.0164. The molecule has 0 aliphatic carbocycles. The number of piperazine rings is 1. The zero-order chi connectivity index (χ0) is 20.2. The second-order valence-corrected chi connectivity index (χ2v) is 7.32. The lowest BCUT2D eigenvalue weighted by atomic mass is 10.1. The summed E-state index contributed by atoms with van der Waals surface area (Å²) in [7, 11) is 3.16. The molecule has 154 valence electrons. The number of aromatic nitrogens is 2. The van der Waals surface area contributed by atoms with Crippen LogP contribution in [0.15, 0.2) is 30.3 Å². The first-order chi connectivity index (χ1) is 14.2. The first-order valence-electron chi connectivity index (χ1n) is 10.0. The van der Waals surface area contributed by atoms with Crippen LogP contribution in [0.5, 0.6) is 11.5 Å². The van der Waals surface area contributed by atoms with Gasteiger partial charge in [0.2, 0.25) is 0 Å². The fraction of sp³-hybridized carbons (Fsp3) is 0.476. The molecule has 0 radical (unpaired) electrons. The summed E-state index contributed by atoms with van der Waals surface area (Å²) < 4.78 is 10.6. The van der Waals surface area contributed by atoms with E-state index in [-0.39, 0.29) is 5.91 Å². The Balaban J connectivity index is 1.38. The fourth-order valence-electron chi connectivity index (χ4n) is 3.85. The molecule has 2 aliphatic heterocycles. The number of nitrogens with zero attached hydrogens (tertiary/aromatic N) is 5.